The Kier molecular flexibility index (Phi) is 1.92. The molecule has 3 N–H and O–H groups in total. The van der Waals surface area contributed by atoms with Gasteiger partial charge in [-0.3, -0.25) is 4.79 Å². The highest BCUT2D eigenvalue weighted by Crippen LogP contribution is 2.21. The second kappa shape index (κ2) is 2.56. The molecule has 4 heteroatoms. The summed E-state index contributed by atoms with van der Waals surface area (Å²) < 4.78 is 4.90. The van der Waals surface area contributed by atoms with Crippen molar-refractivity contribution in [3.8, 4) is 0 Å². The van der Waals surface area contributed by atoms with Gasteiger partial charge in [0.25, 0.3) is 0 Å². The molecule has 3 atom stereocenters. The fourth-order valence-electron chi connectivity index (χ4n) is 0.815. The Bertz CT molecular complexity index is 144. The summed E-state index contributed by atoms with van der Waals surface area (Å²) in [7, 11) is 0. The average Bonchev–Trinajstić information content (AvgIpc) is 2.65. The summed E-state index contributed by atoms with van der Waals surface area (Å²) in [5.74, 6) is -1.03. The minimum Gasteiger partial charge on any atom is -0.480 e. The van der Waals surface area contributed by atoms with Crippen LogP contribution in [-0.2, 0) is 9.53 Å². The van der Waals surface area contributed by atoms with Gasteiger partial charge in [-0.25, -0.2) is 0 Å². The van der Waals surface area contributed by atoms with E-state index < -0.39 is 12.0 Å². The van der Waals surface area contributed by atoms with E-state index in [1.807, 2.05) is 0 Å². The molecule has 4 nitrogen and oxygen atoms in total. The molecule has 0 aliphatic carbocycles. The standard InChI is InChI=1S/C6H11NO3/c1-3(4-2-10-4)5(7)6(8)9/h3-5H,2,7H2,1H3,(H,8,9)/t3-,4+,5+/m1/s1. The second-order valence-corrected chi connectivity index (χ2v) is 2.59. The van der Waals surface area contributed by atoms with Crippen molar-refractivity contribution >= 4 is 5.97 Å². The SMILES string of the molecule is C[C@H]([C@@H]1CO1)[C@H](N)C(=O)O. The minimum atomic E-state index is -0.956. The van der Waals surface area contributed by atoms with E-state index >= 15 is 0 Å². The third kappa shape index (κ3) is 1.46. The molecule has 0 saturated carbocycles. The molecule has 1 fully saturated rings. The molecule has 1 aliphatic rings. The summed E-state index contributed by atoms with van der Waals surface area (Å²) in [6, 6.07) is -0.785. The molecule has 0 bridgehead atoms. The number of nitrogens with two attached hydrogens (primary N) is 1. The molecule has 1 heterocycles. The van der Waals surface area contributed by atoms with Crippen molar-refractivity contribution in [2.75, 3.05) is 6.61 Å². The molecule has 1 rings (SSSR count). The quantitative estimate of drug-likeness (QED) is 0.521. The van der Waals surface area contributed by atoms with Gasteiger partial charge in [-0.1, -0.05) is 6.92 Å². The first-order valence-electron chi connectivity index (χ1n) is 3.23. The Balaban J connectivity index is 2.38. The molecule has 0 unspecified atom stereocenters. The van der Waals surface area contributed by atoms with E-state index in [1.54, 1.807) is 6.92 Å². The smallest absolute Gasteiger partial charge is 0.320 e. The van der Waals surface area contributed by atoms with Gasteiger partial charge >= 0.3 is 5.97 Å². The second-order valence-electron chi connectivity index (χ2n) is 2.59. The average molecular weight is 145 g/mol. The van der Waals surface area contributed by atoms with Gasteiger partial charge in [-0.2, -0.15) is 0 Å². The summed E-state index contributed by atoms with van der Waals surface area (Å²) in [5, 5.41) is 8.45. The summed E-state index contributed by atoms with van der Waals surface area (Å²) in [5.41, 5.74) is 5.32. The largest absolute Gasteiger partial charge is 0.480 e. The van der Waals surface area contributed by atoms with Gasteiger partial charge in [0.05, 0.1) is 12.7 Å². The van der Waals surface area contributed by atoms with Crippen LogP contribution in [0.2, 0.25) is 0 Å². The van der Waals surface area contributed by atoms with E-state index in [0.717, 1.165) is 0 Å². The maximum absolute atomic E-state index is 10.3. The van der Waals surface area contributed by atoms with E-state index in [0.29, 0.717) is 6.61 Å². The molecule has 1 aliphatic heterocycles. The van der Waals surface area contributed by atoms with Crippen LogP contribution < -0.4 is 5.73 Å². The molecule has 0 radical (unpaired) electrons. The molecule has 0 spiro atoms. The normalized spacial score (nSPS) is 29.2. The van der Waals surface area contributed by atoms with Gasteiger partial charge in [0.15, 0.2) is 0 Å². The van der Waals surface area contributed by atoms with Crippen molar-refractivity contribution in [3.63, 3.8) is 0 Å². The van der Waals surface area contributed by atoms with Crippen LogP contribution in [0.4, 0.5) is 0 Å². The van der Waals surface area contributed by atoms with Gasteiger partial charge in [0, 0.05) is 5.92 Å². The minimum absolute atomic E-state index is 0.0718. The van der Waals surface area contributed by atoms with Crippen LogP contribution in [0.15, 0.2) is 0 Å². The molecular weight excluding hydrogens is 134 g/mol. The van der Waals surface area contributed by atoms with Gasteiger partial charge in [0.1, 0.15) is 6.04 Å². The van der Waals surface area contributed by atoms with Crippen LogP contribution in [0.5, 0.6) is 0 Å². The number of carbonyl (C=O) groups is 1. The number of aliphatic carboxylic acids is 1. The predicted molar refractivity (Wildman–Crippen MR) is 34.5 cm³/mol. The Labute approximate surface area is 59.0 Å². The maximum Gasteiger partial charge on any atom is 0.320 e. The van der Waals surface area contributed by atoms with Gasteiger partial charge in [0.2, 0.25) is 0 Å². The molecule has 1 saturated heterocycles. The lowest BCUT2D eigenvalue weighted by atomic mass is 10.00. The molecule has 0 aromatic rings. The molecular formula is C6H11NO3. The van der Waals surface area contributed by atoms with E-state index in [2.05, 4.69) is 0 Å². The van der Waals surface area contributed by atoms with Gasteiger partial charge in [-0.05, 0) is 0 Å². The van der Waals surface area contributed by atoms with Crippen LogP contribution in [0.1, 0.15) is 6.92 Å². The monoisotopic (exact) mass is 145 g/mol. The number of hydrogen-bond acceptors (Lipinski definition) is 3. The number of epoxide rings is 1. The predicted octanol–water partition coefficient (Wildman–Crippen LogP) is -0.567. The van der Waals surface area contributed by atoms with Crippen molar-refractivity contribution in [1.82, 2.24) is 0 Å². The van der Waals surface area contributed by atoms with Crippen molar-refractivity contribution in [2.24, 2.45) is 11.7 Å². The summed E-state index contributed by atoms with van der Waals surface area (Å²) >= 11 is 0. The Morgan fingerprint density at radius 2 is 2.40 bits per heavy atom. The van der Waals surface area contributed by atoms with Crippen molar-refractivity contribution in [2.45, 2.75) is 19.1 Å². The lowest BCUT2D eigenvalue weighted by Gasteiger charge is -2.11. The highest BCUT2D eigenvalue weighted by Gasteiger charge is 2.36. The first-order chi connectivity index (χ1) is 4.63. The molecule has 58 valence electrons. The Morgan fingerprint density at radius 1 is 1.90 bits per heavy atom. The van der Waals surface area contributed by atoms with Crippen LogP contribution in [-0.4, -0.2) is 29.8 Å². The molecule has 10 heavy (non-hydrogen) atoms. The Morgan fingerprint density at radius 3 is 2.70 bits per heavy atom. The number of ether oxygens (including phenoxy) is 1. The van der Waals surface area contributed by atoms with Gasteiger partial charge in [-0.15, -0.1) is 0 Å². The fraction of sp³-hybridized carbons (Fsp3) is 0.833. The third-order valence-corrected chi connectivity index (χ3v) is 1.80. The first kappa shape index (κ1) is 7.50. The maximum atomic E-state index is 10.3. The van der Waals surface area contributed by atoms with Gasteiger partial charge < -0.3 is 15.6 Å². The summed E-state index contributed by atoms with van der Waals surface area (Å²) in [6.45, 7) is 2.44. The molecule has 0 aromatic heterocycles. The topological polar surface area (TPSA) is 75.8 Å². The third-order valence-electron chi connectivity index (χ3n) is 1.80. The van der Waals surface area contributed by atoms with Crippen LogP contribution in [0.3, 0.4) is 0 Å². The molecule has 0 aromatic carbocycles. The van der Waals surface area contributed by atoms with Crippen molar-refractivity contribution in [3.05, 3.63) is 0 Å². The van der Waals surface area contributed by atoms with Crippen LogP contribution >= 0.6 is 0 Å². The van der Waals surface area contributed by atoms with E-state index in [1.165, 1.54) is 0 Å². The van der Waals surface area contributed by atoms with E-state index in [9.17, 15) is 4.79 Å². The van der Waals surface area contributed by atoms with E-state index in [-0.39, 0.29) is 12.0 Å². The number of rotatable bonds is 3. The zero-order valence-electron chi connectivity index (χ0n) is 5.78. The highest BCUT2D eigenvalue weighted by atomic mass is 16.6. The van der Waals surface area contributed by atoms with Crippen molar-refractivity contribution in [1.29, 1.82) is 0 Å². The first-order valence-corrected chi connectivity index (χ1v) is 3.23. The summed E-state index contributed by atoms with van der Waals surface area (Å²) in [6.07, 6.45) is 0.0751. The van der Waals surface area contributed by atoms with Crippen molar-refractivity contribution < 1.29 is 14.6 Å². The Hall–Kier alpha value is -0.610. The fourth-order valence-corrected chi connectivity index (χ4v) is 0.815. The van der Waals surface area contributed by atoms with E-state index in [4.69, 9.17) is 15.6 Å². The lowest BCUT2D eigenvalue weighted by molar-refractivity contribution is -0.139. The highest BCUT2D eigenvalue weighted by molar-refractivity contribution is 5.73. The summed E-state index contributed by atoms with van der Waals surface area (Å²) in [4.78, 5) is 10.3. The van der Waals surface area contributed by atoms with Crippen LogP contribution in [0, 0.1) is 5.92 Å². The number of hydrogen-bond donors (Lipinski definition) is 2. The lowest BCUT2D eigenvalue weighted by Crippen LogP contribution is -2.39. The number of carboxylic acids is 1. The zero-order chi connectivity index (χ0) is 7.72. The number of carboxylic acid groups (broad SMARTS) is 1. The van der Waals surface area contributed by atoms with Crippen LogP contribution in [0.25, 0.3) is 0 Å². The molecule has 0 amide bonds. The zero-order valence-corrected chi connectivity index (χ0v) is 5.78.